The number of nitrogens with zero attached hydrogens (tertiary/aromatic N) is 2. The molecule has 2 N–H and O–H groups in total. The molecule has 21 heavy (non-hydrogen) atoms. The summed E-state index contributed by atoms with van der Waals surface area (Å²) in [6.45, 7) is 3.03. The maximum atomic E-state index is 12.6. The van der Waals surface area contributed by atoms with Gasteiger partial charge in [-0.3, -0.25) is 10.1 Å². The minimum Gasteiger partial charge on any atom is -0.480 e. The summed E-state index contributed by atoms with van der Waals surface area (Å²) in [4.78, 5) is 23.9. The van der Waals surface area contributed by atoms with Crippen LogP contribution in [0.1, 0.15) is 19.5 Å². The molecule has 0 aromatic carbocycles. The Bertz CT molecular complexity index is 560. The molecule has 0 aliphatic rings. The fourth-order valence-electron chi connectivity index (χ4n) is 1.55. The first-order valence-corrected chi connectivity index (χ1v) is 5.75. The summed E-state index contributed by atoms with van der Waals surface area (Å²) in [5, 5.41) is 22.1. The third-order valence-electron chi connectivity index (χ3n) is 2.61. The van der Waals surface area contributed by atoms with Gasteiger partial charge in [-0.25, -0.2) is 9.78 Å². The van der Waals surface area contributed by atoms with Crippen molar-refractivity contribution in [3.8, 4) is 0 Å². The number of carboxylic acids is 1. The van der Waals surface area contributed by atoms with Crippen molar-refractivity contribution in [2.24, 2.45) is 5.92 Å². The standard InChI is InChI=1S/C11H12F3N3O4/c1-5(2)9(10(18)19)16-6-3-8(11(12,13)14)15-4-7(6)17(20)21/h3-5,9H,1-2H3,(H,15,16)(H,18,19). The highest BCUT2D eigenvalue weighted by Crippen LogP contribution is 2.33. The van der Waals surface area contributed by atoms with Gasteiger partial charge in [0.05, 0.1) is 4.92 Å². The molecule has 10 heteroatoms. The first-order chi connectivity index (χ1) is 9.54. The molecule has 0 aliphatic carbocycles. The highest BCUT2D eigenvalue weighted by atomic mass is 19.4. The van der Waals surface area contributed by atoms with Crippen LogP contribution in [0.25, 0.3) is 0 Å². The number of pyridine rings is 1. The van der Waals surface area contributed by atoms with Crippen molar-refractivity contribution in [1.82, 2.24) is 4.98 Å². The first-order valence-electron chi connectivity index (χ1n) is 5.75. The minimum absolute atomic E-state index is 0.427. The molecule has 1 aromatic rings. The number of rotatable bonds is 5. The molecule has 0 saturated carbocycles. The molecule has 0 amide bonds. The third-order valence-corrected chi connectivity index (χ3v) is 2.61. The van der Waals surface area contributed by atoms with Crippen LogP contribution in [-0.4, -0.2) is 27.0 Å². The summed E-state index contributed by atoms with van der Waals surface area (Å²) < 4.78 is 37.7. The van der Waals surface area contributed by atoms with E-state index in [2.05, 4.69) is 10.3 Å². The SMILES string of the molecule is CC(C)C(Nc1cc(C(F)(F)F)ncc1[N+](=O)[O-])C(=O)O. The monoisotopic (exact) mass is 307 g/mol. The van der Waals surface area contributed by atoms with E-state index in [0.29, 0.717) is 12.3 Å². The van der Waals surface area contributed by atoms with Crippen molar-refractivity contribution in [3.63, 3.8) is 0 Å². The molecule has 1 atom stereocenters. The molecule has 0 bridgehead atoms. The molecular weight excluding hydrogens is 295 g/mol. The van der Waals surface area contributed by atoms with Crippen LogP contribution < -0.4 is 5.32 Å². The average Bonchev–Trinajstić information content (AvgIpc) is 2.33. The average molecular weight is 307 g/mol. The van der Waals surface area contributed by atoms with E-state index in [0.717, 1.165) is 0 Å². The van der Waals surface area contributed by atoms with Crippen LogP contribution in [0.2, 0.25) is 0 Å². The van der Waals surface area contributed by atoms with Gasteiger partial charge in [-0.15, -0.1) is 0 Å². The number of alkyl halides is 3. The van der Waals surface area contributed by atoms with Crippen LogP contribution in [0.4, 0.5) is 24.5 Å². The number of nitro groups is 1. The molecule has 0 fully saturated rings. The molecule has 1 unspecified atom stereocenters. The number of anilines is 1. The fourth-order valence-corrected chi connectivity index (χ4v) is 1.55. The highest BCUT2D eigenvalue weighted by molar-refractivity contribution is 5.79. The smallest absolute Gasteiger partial charge is 0.433 e. The Morgan fingerprint density at radius 1 is 1.48 bits per heavy atom. The van der Waals surface area contributed by atoms with Gasteiger partial charge in [0.15, 0.2) is 0 Å². The van der Waals surface area contributed by atoms with Gasteiger partial charge in [-0.2, -0.15) is 13.2 Å². The number of aliphatic carboxylic acids is 1. The molecule has 7 nitrogen and oxygen atoms in total. The van der Waals surface area contributed by atoms with Gasteiger partial charge in [0, 0.05) is 0 Å². The Kier molecular flexibility index (Phi) is 4.71. The van der Waals surface area contributed by atoms with E-state index in [4.69, 9.17) is 5.11 Å². The van der Waals surface area contributed by atoms with Crippen LogP contribution in [0.15, 0.2) is 12.3 Å². The molecule has 116 valence electrons. The van der Waals surface area contributed by atoms with Crippen LogP contribution in [-0.2, 0) is 11.0 Å². The van der Waals surface area contributed by atoms with Gasteiger partial charge in [0.1, 0.15) is 23.6 Å². The molecule has 0 aliphatic heterocycles. The molecule has 1 aromatic heterocycles. The van der Waals surface area contributed by atoms with Crippen LogP contribution >= 0.6 is 0 Å². The van der Waals surface area contributed by atoms with Crippen molar-refractivity contribution < 1.29 is 28.0 Å². The number of nitrogens with one attached hydrogen (secondary N) is 1. The van der Waals surface area contributed by atoms with E-state index >= 15 is 0 Å². The van der Waals surface area contributed by atoms with E-state index in [-0.39, 0.29) is 0 Å². The van der Waals surface area contributed by atoms with E-state index in [9.17, 15) is 28.1 Å². The van der Waals surface area contributed by atoms with Crippen molar-refractivity contribution >= 4 is 17.3 Å². The topological polar surface area (TPSA) is 105 Å². The van der Waals surface area contributed by atoms with Crippen molar-refractivity contribution in [3.05, 3.63) is 28.1 Å². The summed E-state index contributed by atoms with van der Waals surface area (Å²) in [7, 11) is 0. The number of carbonyl (C=O) groups is 1. The fraction of sp³-hybridized carbons (Fsp3) is 0.455. The molecule has 0 saturated heterocycles. The Morgan fingerprint density at radius 2 is 2.05 bits per heavy atom. The number of halogens is 3. The predicted molar refractivity (Wildman–Crippen MR) is 65.8 cm³/mol. The summed E-state index contributed by atoms with van der Waals surface area (Å²) in [6, 6.07) is -0.844. The second-order valence-corrected chi connectivity index (χ2v) is 4.55. The maximum absolute atomic E-state index is 12.6. The van der Waals surface area contributed by atoms with Gasteiger partial charge in [0.25, 0.3) is 0 Å². The molecule has 0 spiro atoms. The first kappa shape index (κ1) is 16.7. The number of carboxylic acid groups (broad SMARTS) is 1. The number of hydrogen-bond acceptors (Lipinski definition) is 5. The second-order valence-electron chi connectivity index (χ2n) is 4.55. The quantitative estimate of drug-likeness (QED) is 0.639. The van der Waals surface area contributed by atoms with Crippen LogP contribution in [0.3, 0.4) is 0 Å². The Hall–Kier alpha value is -2.39. The Balaban J connectivity index is 3.30. The van der Waals surface area contributed by atoms with Crippen LogP contribution in [0, 0.1) is 16.0 Å². The highest BCUT2D eigenvalue weighted by Gasteiger charge is 2.35. The van der Waals surface area contributed by atoms with Crippen LogP contribution in [0.5, 0.6) is 0 Å². The maximum Gasteiger partial charge on any atom is 0.433 e. The van der Waals surface area contributed by atoms with Gasteiger partial charge < -0.3 is 10.4 Å². The predicted octanol–water partition coefficient (Wildman–Crippen LogP) is 2.53. The van der Waals surface area contributed by atoms with Gasteiger partial charge >= 0.3 is 17.8 Å². The van der Waals surface area contributed by atoms with Gasteiger partial charge in [-0.05, 0) is 12.0 Å². The lowest BCUT2D eigenvalue weighted by atomic mass is 10.0. The van der Waals surface area contributed by atoms with Gasteiger partial charge in [0.2, 0.25) is 0 Å². The number of hydrogen-bond donors (Lipinski definition) is 2. The molecular formula is C11H12F3N3O4. The summed E-state index contributed by atoms with van der Waals surface area (Å²) in [6.07, 6.45) is -4.34. The molecule has 1 heterocycles. The van der Waals surface area contributed by atoms with Crippen molar-refractivity contribution in [2.75, 3.05) is 5.32 Å². The van der Waals surface area contributed by atoms with E-state index < -0.39 is 46.1 Å². The number of aromatic nitrogens is 1. The lowest BCUT2D eigenvalue weighted by Crippen LogP contribution is -2.34. The summed E-state index contributed by atoms with van der Waals surface area (Å²) in [5.41, 5.74) is -2.61. The van der Waals surface area contributed by atoms with E-state index in [1.807, 2.05) is 0 Å². The third kappa shape index (κ3) is 4.04. The zero-order valence-electron chi connectivity index (χ0n) is 11.0. The lowest BCUT2D eigenvalue weighted by Gasteiger charge is -2.19. The Morgan fingerprint density at radius 3 is 2.43 bits per heavy atom. The van der Waals surface area contributed by atoms with Crippen molar-refractivity contribution in [2.45, 2.75) is 26.1 Å². The minimum atomic E-state index is -4.79. The van der Waals surface area contributed by atoms with E-state index in [1.165, 1.54) is 13.8 Å². The second kappa shape index (κ2) is 5.94. The zero-order valence-corrected chi connectivity index (χ0v) is 11.0. The zero-order chi connectivity index (χ0) is 16.4. The molecule has 0 radical (unpaired) electrons. The largest absolute Gasteiger partial charge is 0.480 e. The van der Waals surface area contributed by atoms with E-state index in [1.54, 1.807) is 0 Å². The normalized spacial score (nSPS) is 13.0. The van der Waals surface area contributed by atoms with Crippen molar-refractivity contribution in [1.29, 1.82) is 0 Å². The molecule has 1 rings (SSSR count). The Labute approximate surface area is 116 Å². The van der Waals surface area contributed by atoms with Gasteiger partial charge in [-0.1, -0.05) is 13.8 Å². The summed E-state index contributed by atoms with van der Waals surface area (Å²) >= 11 is 0. The lowest BCUT2D eigenvalue weighted by molar-refractivity contribution is -0.384. The summed E-state index contributed by atoms with van der Waals surface area (Å²) in [5.74, 6) is -1.82.